The van der Waals surface area contributed by atoms with E-state index in [1.54, 1.807) is 0 Å². The molecule has 0 saturated carbocycles. The maximum Gasteiger partial charge on any atom is 0.407 e. The summed E-state index contributed by atoms with van der Waals surface area (Å²) >= 11 is 0. The molecule has 660 valence electrons. The minimum atomic E-state index is -0.887. The predicted molar refractivity (Wildman–Crippen MR) is 402 cm³/mol. The number of amides is 1. The first-order valence-corrected chi connectivity index (χ1v) is 39.0. The second-order valence-electron chi connectivity index (χ2n) is 23.7. The molecule has 111 heavy (non-hydrogen) atoms. The highest BCUT2D eigenvalue weighted by molar-refractivity contribution is 5.67. The number of hydrogen-bond donors (Lipinski definition) is 2. The fourth-order valence-corrected chi connectivity index (χ4v) is 8.01. The second kappa shape index (κ2) is 95.7. The van der Waals surface area contributed by atoms with E-state index in [0.29, 0.717) is 423 Å². The van der Waals surface area contributed by atoms with Gasteiger partial charge in [0.2, 0.25) is 0 Å². The fourth-order valence-electron chi connectivity index (χ4n) is 8.01. The van der Waals surface area contributed by atoms with E-state index in [0.717, 1.165) is 0 Å². The van der Waals surface area contributed by atoms with Crippen LogP contribution in [0.4, 0.5) is 4.79 Å². The molecule has 2 N–H and O–H groups in total. The number of carboxylic acid groups (broad SMARTS) is 1. The van der Waals surface area contributed by atoms with Crippen LogP contribution in [-0.2, 0) is 152 Å². The summed E-state index contributed by atoms with van der Waals surface area (Å²) in [7, 11) is 0. The van der Waals surface area contributed by atoms with E-state index < -0.39 is 17.7 Å². The number of nitrogens with one attached hydrogen (secondary N) is 1. The molecule has 0 radical (unpaired) electrons. The Kier molecular flexibility index (Phi) is 92.9. The van der Waals surface area contributed by atoms with Crippen molar-refractivity contribution in [1.29, 1.82) is 0 Å². The van der Waals surface area contributed by atoms with Crippen molar-refractivity contribution in [3.05, 3.63) is 10.4 Å². The van der Waals surface area contributed by atoms with Gasteiger partial charge in [-0.3, -0.25) is 9.69 Å². The molecule has 0 aromatic carbocycles. The first-order chi connectivity index (χ1) is 54.7. The molecule has 0 fully saturated rings. The van der Waals surface area contributed by atoms with Crippen LogP contribution in [0.1, 0.15) is 27.2 Å². The van der Waals surface area contributed by atoms with Gasteiger partial charge < -0.3 is 157 Å². The minimum absolute atomic E-state index is 0.0194. The Labute approximate surface area is 659 Å². The van der Waals surface area contributed by atoms with Gasteiger partial charge in [-0.1, -0.05) is 5.11 Å². The van der Waals surface area contributed by atoms with Gasteiger partial charge in [0.25, 0.3) is 0 Å². The van der Waals surface area contributed by atoms with Gasteiger partial charge in [0.1, 0.15) is 5.60 Å². The van der Waals surface area contributed by atoms with Crippen LogP contribution < -0.4 is 5.32 Å². The normalized spacial score (nSPS) is 11.8. The molecular formula is C72H143N5O34. The maximum atomic E-state index is 11.6. The van der Waals surface area contributed by atoms with Crippen LogP contribution in [0.2, 0.25) is 0 Å². The second-order valence-corrected chi connectivity index (χ2v) is 23.7. The van der Waals surface area contributed by atoms with Crippen molar-refractivity contribution in [2.24, 2.45) is 5.11 Å². The van der Waals surface area contributed by atoms with Crippen molar-refractivity contribution in [2.45, 2.75) is 32.8 Å². The molecule has 0 rings (SSSR count). The maximum absolute atomic E-state index is 11.6. The SMILES string of the molecule is CC(C)(C)OC(=O)NCCOCCOCCOCCOCCOCCOCCOCCOCCOCCOCCN(CCOCCOCCOCCOCCOCCOCCOCCOCCOCCOCCN=[N+]=[N-])CCOCCOCCOCCOCCOCCOCCOCCOCCOCCOCCC(=O)O. The summed E-state index contributed by atoms with van der Waals surface area (Å²) in [6, 6.07) is 0. The number of ether oxygens (including phenoxy) is 31. The van der Waals surface area contributed by atoms with Crippen LogP contribution in [-0.4, -0.2) is 457 Å². The van der Waals surface area contributed by atoms with Crippen molar-refractivity contribution in [1.82, 2.24) is 10.2 Å². The number of nitrogens with zero attached hydrogens (tertiary/aromatic N) is 4. The van der Waals surface area contributed by atoms with Gasteiger partial charge in [-0.2, -0.15) is 0 Å². The van der Waals surface area contributed by atoms with Gasteiger partial charge in [-0.15, -0.1) is 0 Å². The third-order valence-corrected chi connectivity index (χ3v) is 13.5. The standard InChI is InChI=1S/C72H143N5O34/c1-72(2,3)111-71(80)74-5-11-82-17-23-88-29-35-94-41-47-100-53-59-106-65-68-109-62-56-103-50-44-97-38-32-91-26-20-85-14-8-77(7-13-84-19-25-90-31-37-96-43-49-102-55-61-108-67-64-105-58-52-99-46-40-93-34-28-87-22-16-81-10-4-70(78)79)9-15-86-21-27-92-33-39-98-45-51-104-57-63-110-69-66-107-60-54-101-48-42-95-36-30-89-24-18-83-12-6-75-76-73/h4-69H2,1-3H3,(H,74,80)(H,78,79). The molecule has 0 bridgehead atoms. The molecule has 0 unspecified atom stereocenters. The first-order valence-electron chi connectivity index (χ1n) is 39.0. The van der Waals surface area contributed by atoms with Crippen LogP contribution in [0.5, 0.6) is 0 Å². The lowest BCUT2D eigenvalue weighted by Crippen LogP contribution is -2.34. The highest BCUT2D eigenvalue weighted by atomic mass is 16.6. The van der Waals surface area contributed by atoms with Gasteiger partial charge in [0, 0.05) is 37.6 Å². The Morgan fingerprint density at radius 3 is 0.604 bits per heavy atom. The lowest BCUT2D eigenvalue weighted by Gasteiger charge is -2.22. The quantitative estimate of drug-likeness (QED) is 0.0381. The molecule has 39 heteroatoms. The number of azide groups is 1. The van der Waals surface area contributed by atoms with Crippen molar-refractivity contribution >= 4 is 12.1 Å². The molecule has 0 spiro atoms. The smallest absolute Gasteiger partial charge is 0.407 e. The van der Waals surface area contributed by atoms with Crippen molar-refractivity contribution in [3.63, 3.8) is 0 Å². The number of rotatable bonds is 99. The third kappa shape index (κ3) is 101. The molecule has 0 saturated heterocycles. The minimum Gasteiger partial charge on any atom is -0.481 e. The van der Waals surface area contributed by atoms with Crippen LogP contribution in [0.25, 0.3) is 10.4 Å². The molecule has 39 nitrogen and oxygen atoms in total. The van der Waals surface area contributed by atoms with Crippen molar-refractivity contribution in [2.75, 3.05) is 429 Å². The van der Waals surface area contributed by atoms with Gasteiger partial charge >= 0.3 is 12.1 Å². The number of hydrogen-bond acceptors (Lipinski definition) is 35. The van der Waals surface area contributed by atoms with E-state index in [4.69, 9.17) is 157 Å². The van der Waals surface area contributed by atoms with E-state index >= 15 is 0 Å². The summed E-state index contributed by atoms with van der Waals surface area (Å²) in [6.07, 6.45) is -0.485. The fraction of sp³-hybridized carbons (Fsp3) is 0.972. The summed E-state index contributed by atoms with van der Waals surface area (Å²) in [5, 5.41) is 14.6. The van der Waals surface area contributed by atoms with Crippen molar-refractivity contribution < 1.29 is 162 Å². The zero-order valence-corrected chi connectivity index (χ0v) is 67.4. The third-order valence-electron chi connectivity index (χ3n) is 13.5. The average Bonchev–Trinajstić information content (AvgIpc) is 0.959. The summed E-state index contributed by atoms with van der Waals surface area (Å²) < 4.78 is 172. The zero-order valence-electron chi connectivity index (χ0n) is 67.4. The van der Waals surface area contributed by atoms with Crippen LogP contribution in [0.3, 0.4) is 0 Å². The number of carbonyl (C=O) groups is 2. The van der Waals surface area contributed by atoms with Gasteiger partial charge in [0.15, 0.2) is 0 Å². The van der Waals surface area contributed by atoms with Crippen LogP contribution in [0, 0.1) is 0 Å². The lowest BCUT2D eigenvalue weighted by atomic mass is 10.2. The summed E-state index contributed by atoms with van der Waals surface area (Å²) in [5.74, 6) is -0.887. The highest BCUT2D eigenvalue weighted by Crippen LogP contribution is 2.06. The lowest BCUT2D eigenvalue weighted by molar-refractivity contribution is -0.138. The molecule has 0 aliphatic rings. The van der Waals surface area contributed by atoms with E-state index in [2.05, 4.69) is 20.2 Å². The van der Waals surface area contributed by atoms with Crippen molar-refractivity contribution in [3.8, 4) is 0 Å². The number of carbonyl (C=O) groups excluding carboxylic acids is 1. The summed E-state index contributed by atoms with van der Waals surface area (Å²) in [6.45, 7) is 34.9. The van der Waals surface area contributed by atoms with Crippen LogP contribution in [0.15, 0.2) is 5.11 Å². The van der Waals surface area contributed by atoms with Crippen LogP contribution >= 0.6 is 0 Å². The van der Waals surface area contributed by atoms with Gasteiger partial charge in [0.05, 0.1) is 403 Å². The Balaban J connectivity index is 4.04. The molecular weight excluding hydrogens is 1480 g/mol. The Morgan fingerprint density at radius 2 is 0.432 bits per heavy atom. The topological polar surface area (TPSA) is 405 Å². The molecule has 0 aliphatic heterocycles. The van der Waals surface area contributed by atoms with Gasteiger partial charge in [-0.05, 0) is 26.3 Å². The monoisotopic (exact) mass is 1620 g/mol. The van der Waals surface area contributed by atoms with E-state index in [-0.39, 0.29) is 13.0 Å². The Bertz CT molecular complexity index is 1810. The number of alkyl carbamates (subject to hydrolysis) is 1. The van der Waals surface area contributed by atoms with E-state index in [9.17, 15) is 9.59 Å². The first kappa shape index (κ1) is 108. The molecule has 0 heterocycles. The number of carboxylic acids is 1. The van der Waals surface area contributed by atoms with E-state index in [1.807, 2.05) is 20.8 Å². The van der Waals surface area contributed by atoms with Gasteiger partial charge in [-0.25, -0.2) is 4.79 Å². The number of aliphatic carboxylic acids is 1. The average molecular weight is 1620 g/mol. The summed E-state index contributed by atoms with van der Waals surface area (Å²) in [5.41, 5.74) is 7.69. The molecule has 0 aliphatic carbocycles. The van der Waals surface area contributed by atoms with E-state index in [1.165, 1.54) is 0 Å². The zero-order chi connectivity index (χ0) is 79.9. The highest BCUT2D eigenvalue weighted by Gasteiger charge is 2.16. The molecule has 0 atom stereocenters. The molecule has 0 aromatic heterocycles. The predicted octanol–water partition coefficient (Wildman–Crippen LogP) is 2.10. The Hall–Kier alpha value is -3.19. The molecule has 0 aromatic rings. The summed E-state index contributed by atoms with van der Waals surface area (Å²) in [4.78, 5) is 26.9. The molecule has 1 amide bonds. The Morgan fingerprint density at radius 1 is 0.270 bits per heavy atom. The largest absolute Gasteiger partial charge is 0.481 e.